The smallest absolute Gasteiger partial charge is 0.189 e. The van der Waals surface area contributed by atoms with Crippen LogP contribution in [0.5, 0.6) is 11.5 Å². The molecule has 3 heterocycles. The molecule has 0 amide bonds. The lowest BCUT2D eigenvalue weighted by Gasteiger charge is -2.20. The molecule has 0 saturated heterocycles. The Hall–Kier alpha value is -3.00. The average Bonchev–Trinajstić information content (AvgIpc) is 3.27. The molecule has 0 saturated carbocycles. The minimum atomic E-state index is -0.0839. The van der Waals surface area contributed by atoms with E-state index in [0.29, 0.717) is 28.7 Å². The van der Waals surface area contributed by atoms with Crippen molar-refractivity contribution in [2.45, 2.75) is 0 Å². The molecular formula is C17H16N4O3S. The average molecular weight is 356 g/mol. The number of nitrogens with zero attached hydrogens (tertiary/aromatic N) is 2. The number of thiophene rings is 1. The second-order valence-electron chi connectivity index (χ2n) is 5.60. The SMILES string of the molecule is COc1cc(OC)cc(N2CC(=O)C(c3nc4cscc4[nH]3)=C2N)c1. The van der Waals surface area contributed by atoms with E-state index in [4.69, 9.17) is 15.2 Å². The summed E-state index contributed by atoms with van der Waals surface area (Å²) in [5.74, 6) is 2.03. The summed E-state index contributed by atoms with van der Waals surface area (Å²) < 4.78 is 10.6. The monoisotopic (exact) mass is 356 g/mol. The molecule has 1 aliphatic heterocycles. The topological polar surface area (TPSA) is 93.5 Å². The summed E-state index contributed by atoms with van der Waals surface area (Å²) in [6, 6.07) is 5.39. The second-order valence-corrected chi connectivity index (χ2v) is 6.34. The molecule has 8 heteroatoms. The van der Waals surface area contributed by atoms with Gasteiger partial charge in [-0.1, -0.05) is 0 Å². The summed E-state index contributed by atoms with van der Waals surface area (Å²) in [4.78, 5) is 21.9. The molecule has 0 bridgehead atoms. The molecule has 3 N–H and O–H groups in total. The molecule has 1 aliphatic rings. The standard InChI is InChI=1S/C17H16N4O3S/c1-23-10-3-9(4-11(5-10)24-2)21-6-14(22)15(16(21)18)17-19-12-7-25-8-13(12)20-17/h3-5,7-8H,6,18H2,1-2H3,(H,19,20). The number of hydrogen-bond donors (Lipinski definition) is 2. The lowest BCUT2D eigenvalue weighted by molar-refractivity contribution is -0.112. The number of carbonyl (C=O) groups is 1. The summed E-state index contributed by atoms with van der Waals surface area (Å²) >= 11 is 1.55. The second kappa shape index (κ2) is 5.82. The van der Waals surface area contributed by atoms with Crippen molar-refractivity contribution in [3.8, 4) is 11.5 Å². The van der Waals surface area contributed by atoms with Crippen LogP contribution in [-0.4, -0.2) is 36.5 Å². The minimum Gasteiger partial charge on any atom is -0.497 e. The molecule has 25 heavy (non-hydrogen) atoms. The quantitative estimate of drug-likeness (QED) is 0.745. The Kier molecular flexibility index (Phi) is 3.61. The summed E-state index contributed by atoms with van der Waals surface area (Å²) in [6.07, 6.45) is 0. The third-order valence-electron chi connectivity index (χ3n) is 4.14. The highest BCUT2D eigenvalue weighted by atomic mass is 32.1. The third kappa shape index (κ3) is 2.51. The number of nitrogens with two attached hydrogens (primary N) is 1. The first kappa shape index (κ1) is 15.5. The van der Waals surface area contributed by atoms with E-state index in [1.165, 1.54) is 0 Å². The number of methoxy groups -OCH3 is 2. The largest absolute Gasteiger partial charge is 0.497 e. The normalized spacial score (nSPS) is 14.6. The van der Waals surface area contributed by atoms with Crippen molar-refractivity contribution < 1.29 is 14.3 Å². The molecule has 0 radical (unpaired) electrons. The van der Waals surface area contributed by atoms with Crippen LogP contribution in [-0.2, 0) is 4.79 Å². The Balaban J connectivity index is 1.78. The van der Waals surface area contributed by atoms with Gasteiger partial charge in [0.2, 0.25) is 0 Å². The number of aromatic amines is 1. The van der Waals surface area contributed by atoms with Crippen molar-refractivity contribution >= 4 is 39.4 Å². The van der Waals surface area contributed by atoms with E-state index >= 15 is 0 Å². The number of fused-ring (bicyclic) bond motifs is 1. The summed E-state index contributed by atoms with van der Waals surface area (Å²) in [5, 5.41) is 3.88. The van der Waals surface area contributed by atoms with Gasteiger partial charge in [0.25, 0.3) is 0 Å². The minimum absolute atomic E-state index is 0.0839. The number of nitrogens with one attached hydrogen (secondary N) is 1. The Morgan fingerprint density at radius 1 is 1.20 bits per heavy atom. The summed E-state index contributed by atoms with van der Waals surface area (Å²) in [6.45, 7) is 0.144. The van der Waals surface area contributed by atoms with Crippen LogP contribution in [0.15, 0.2) is 34.8 Å². The third-order valence-corrected chi connectivity index (χ3v) is 4.87. The molecule has 4 rings (SSSR count). The number of hydrogen-bond acceptors (Lipinski definition) is 7. The number of imidazole rings is 1. The highest BCUT2D eigenvalue weighted by Crippen LogP contribution is 2.34. The van der Waals surface area contributed by atoms with Crippen LogP contribution in [0.2, 0.25) is 0 Å². The van der Waals surface area contributed by atoms with Crippen LogP contribution in [0.3, 0.4) is 0 Å². The van der Waals surface area contributed by atoms with Crippen molar-refractivity contribution in [1.82, 2.24) is 9.97 Å². The highest BCUT2D eigenvalue weighted by Gasteiger charge is 2.32. The number of aromatic nitrogens is 2. The molecule has 7 nitrogen and oxygen atoms in total. The van der Waals surface area contributed by atoms with E-state index in [1.807, 2.05) is 22.9 Å². The Labute approximate surface area is 147 Å². The van der Waals surface area contributed by atoms with Crippen molar-refractivity contribution in [2.24, 2.45) is 5.73 Å². The van der Waals surface area contributed by atoms with Crippen molar-refractivity contribution in [2.75, 3.05) is 25.7 Å². The fourth-order valence-electron chi connectivity index (χ4n) is 2.88. The molecule has 3 aromatic rings. The van der Waals surface area contributed by atoms with E-state index in [1.54, 1.807) is 36.5 Å². The molecule has 0 spiro atoms. The lowest BCUT2D eigenvalue weighted by Crippen LogP contribution is -2.25. The van der Waals surface area contributed by atoms with Gasteiger partial charge in [-0.05, 0) is 0 Å². The maximum Gasteiger partial charge on any atom is 0.189 e. The van der Waals surface area contributed by atoms with E-state index in [0.717, 1.165) is 16.7 Å². The zero-order valence-electron chi connectivity index (χ0n) is 13.7. The predicted molar refractivity (Wildman–Crippen MR) is 97.0 cm³/mol. The van der Waals surface area contributed by atoms with Gasteiger partial charge in [-0.3, -0.25) is 4.79 Å². The van der Waals surface area contributed by atoms with E-state index < -0.39 is 0 Å². The number of Topliss-reactive ketones (excluding diaryl/α,β-unsaturated/α-hetero) is 1. The number of ether oxygens (including phenoxy) is 2. The molecule has 128 valence electrons. The lowest BCUT2D eigenvalue weighted by atomic mass is 10.2. The number of rotatable bonds is 4. The first-order valence-electron chi connectivity index (χ1n) is 7.56. The van der Waals surface area contributed by atoms with E-state index in [9.17, 15) is 4.79 Å². The predicted octanol–water partition coefficient (Wildman–Crippen LogP) is 2.36. The number of anilines is 1. The molecule has 0 atom stereocenters. The van der Waals surface area contributed by atoms with E-state index in [2.05, 4.69) is 9.97 Å². The number of carbonyl (C=O) groups excluding carboxylic acids is 1. The summed E-state index contributed by atoms with van der Waals surface area (Å²) in [5.41, 5.74) is 9.16. The molecule has 0 fully saturated rings. The van der Waals surface area contributed by atoms with E-state index in [-0.39, 0.29) is 12.3 Å². The first-order valence-corrected chi connectivity index (χ1v) is 8.51. The van der Waals surface area contributed by atoms with Crippen molar-refractivity contribution in [3.05, 3.63) is 40.6 Å². The molecular weight excluding hydrogens is 340 g/mol. The van der Waals surface area contributed by atoms with Crippen LogP contribution in [0.25, 0.3) is 16.6 Å². The van der Waals surface area contributed by atoms with Crippen LogP contribution in [0.1, 0.15) is 5.82 Å². The van der Waals surface area contributed by atoms with Crippen LogP contribution in [0, 0.1) is 0 Å². The fourth-order valence-corrected chi connectivity index (χ4v) is 3.57. The zero-order chi connectivity index (χ0) is 17.6. The van der Waals surface area contributed by atoms with Crippen LogP contribution in [0.4, 0.5) is 5.69 Å². The van der Waals surface area contributed by atoms with Crippen LogP contribution >= 0.6 is 11.3 Å². The highest BCUT2D eigenvalue weighted by molar-refractivity contribution is 7.09. The number of H-pyrrole nitrogens is 1. The van der Waals surface area contributed by atoms with Gasteiger partial charge in [0.1, 0.15) is 28.7 Å². The van der Waals surface area contributed by atoms with Gasteiger partial charge in [-0.2, -0.15) is 0 Å². The fraction of sp³-hybridized carbons (Fsp3) is 0.176. The van der Waals surface area contributed by atoms with Gasteiger partial charge in [0.05, 0.1) is 37.5 Å². The number of ketones is 1. The molecule has 0 unspecified atom stereocenters. The molecule has 0 aliphatic carbocycles. The van der Waals surface area contributed by atoms with Crippen molar-refractivity contribution in [3.63, 3.8) is 0 Å². The molecule has 2 aromatic heterocycles. The zero-order valence-corrected chi connectivity index (χ0v) is 14.5. The Morgan fingerprint density at radius 3 is 2.56 bits per heavy atom. The Morgan fingerprint density at radius 2 is 1.92 bits per heavy atom. The Bertz CT molecular complexity index is 954. The van der Waals surface area contributed by atoms with Gasteiger partial charge < -0.3 is 25.1 Å². The first-order chi connectivity index (χ1) is 12.1. The van der Waals surface area contributed by atoms with Gasteiger partial charge >= 0.3 is 0 Å². The van der Waals surface area contributed by atoms with Crippen molar-refractivity contribution in [1.29, 1.82) is 0 Å². The van der Waals surface area contributed by atoms with Gasteiger partial charge in [-0.25, -0.2) is 4.98 Å². The van der Waals surface area contributed by atoms with Gasteiger partial charge in [0, 0.05) is 29.0 Å². The maximum absolute atomic E-state index is 12.6. The molecule has 1 aromatic carbocycles. The summed E-state index contributed by atoms with van der Waals surface area (Å²) in [7, 11) is 3.15. The van der Waals surface area contributed by atoms with Gasteiger partial charge in [-0.15, -0.1) is 11.3 Å². The number of benzene rings is 1. The van der Waals surface area contributed by atoms with Crippen LogP contribution < -0.4 is 20.1 Å². The van der Waals surface area contributed by atoms with Gasteiger partial charge in [0.15, 0.2) is 5.78 Å². The maximum atomic E-state index is 12.6.